The van der Waals surface area contributed by atoms with Gasteiger partial charge in [0, 0.05) is 11.1 Å². The van der Waals surface area contributed by atoms with Gasteiger partial charge in [-0.15, -0.1) is 0 Å². The third kappa shape index (κ3) is 4.77. The number of benzene rings is 4. The fourth-order valence-electron chi connectivity index (χ4n) is 3.64. The van der Waals surface area contributed by atoms with Crippen molar-refractivity contribution in [3.63, 3.8) is 0 Å². The van der Waals surface area contributed by atoms with Crippen molar-refractivity contribution < 1.29 is 19.1 Å². The molecule has 166 valence electrons. The van der Waals surface area contributed by atoms with Crippen LogP contribution in [0.3, 0.4) is 0 Å². The predicted molar refractivity (Wildman–Crippen MR) is 129 cm³/mol. The third-order valence-electron chi connectivity index (χ3n) is 5.25. The third-order valence-corrected chi connectivity index (χ3v) is 5.25. The van der Waals surface area contributed by atoms with Crippen molar-refractivity contribution in [3.05, 3.63) is 83.9 Å². The van der Waals surface area contributed by atoms with Gasteiger partial charge in [-0.2, -0.15) is 5.10 Å². The maximum absolute atomic E-state index is 12.4. The number of amides is 2. The van der Waals surface area contributed by atoms with Crippen molar-refractivity contribution in [2.75, 3.05) is 20.8 Å². The number of hydrogen-bond donors (Lipinski definition) is 2. The van der Waals surface area contributed by atoms with Gasteiger partial charge in [-0.3, -0.25) is 9.59 Å². The van der Waals surface area contributed by atoms with Crippen LogP contribution in [0.15, 0.2) is 77.9 Å². The maximum Gasteiger partial charge on any atom is 0.259 e. The van der Waals surface area contributed by atoms with Crippen LogP contribution in [0.1, 0.15) is 15.9 Å². The summed E-state index contributed by atoms with van der Waals surface area (Å²) in [5, 5.41) is 11.0. The van der Waals surface area contributed by atoms with Crippen molar-refractivity contribution in [1.82, 2.24) is 10.7 Å². The summed E-state index contributed by atoms with van der Waals surface area (Å²) in [4.78, 5) is 24.6. The Bertz CT molecular complexity index is 1310. The molecule has 0 saturated carbocycles. The zero-order valence-corrected chi connectivity index (χ0v) is 18.3. The molecule has 4 rings (SSSR count). The van der Waals surface area contributed by atoms with E-state index in [-0.39, 0.29) is 6.54 Å². The van der Waals surface area contributed by atoms with Crippen molar-refractivity contribution in [1.29, 1.82) is 0 Å². The molecule has 7 nitrogen and oxygen atoms in total. The van der Waals surface area contributed by atoms with Gasteiger partial charge < -0.3 is 14.8 Å². The number of methoxy groups -OCH3 is 2. The van der Waals surface area contributed by atoms with Gasteiger partial charge in [-0.1, -0.05) is 48.5 Å². The molecule has 0 bridgehead atoms. The smallest absolute Gasteiger partial charge is 0.259 e. The number of carbonyl (C=O) groups excluding carboxylic acids is 2. The van der Waals surface area contributed by atoms with E-state index < -0.39 is 11.8 Å². The summed E-state index contributed by atoms with van der Waals surface area (Å²) in [6, 6.07) is 23.0. The molecule has 0 aliphatic heterocycles. The Morgan fingerprint density at radius 3 is 2.12 bits per heavy atom. The van der Waals surface area contributed by atoms with E-state index in [2.05, 4.69) is 21.9 Å². The van der Waals surface area contributed by atoms with Crippen LogP contribution in [0.4, 0.5) is 0 Å². The molecule has 0 unspecified atom stereocenters. The minimum absolute atomic E-state index is 0.221. The Morgan fingerprint density at radius 2 is 1.48 bits per heavy atom. The first-order chi connectivity index (χ1) is 16.1. The molecule has 0 saturated heterocycles. The monoisotopic (exact) mass is 441 g/mol. The number of nitrogens with one attached hydrogen (secondary N) is 2. The average molecular weight is 441 g/mol. The standard InChI is InChI=1S/C26H23N3O4/c1-32-23-12-11-19(14-24(23)33-2)26(31)27-16-25(30)29-28-15-22-20-9-5-3-7-17(20)13-18-8-4-6-10-21(18)22/h3-15H,16H2,1-2H3,(H,27,31)(H,29,30). The molecule has 0 atom stereocenters. The highest BCUT2D eigenvalue weighted by Crippen LogP contribution is 2.28. The van der Waals surface area contributed by atoms with Crippen molar-refractivity contribution in [2.45, 2.75) is 0 Å². The summed E-state index contributed by atoms with van der Waals surface area (Å²) in [7, 11) is 3.01. The van der Waals surface area contributed by atoms with Crippen molar-refractivity contribution in [2.24, 2.45) is 5.10 Å². The minimum atomic E-state index is -0.440. The molecule has 0 aliphatic rings. The van der Waals surface area contributed by atoms with Crippen LogP contribution in [0.5, 0.6) is 11.5 Å². The highest BCUT2D eigenvalue weighted by molar-refractivity contribution is 6.13. The number of hydrazone groups is 1. The summed E-state index contributed by atoms with van der Waals surface area (Å²) in [6.07, 6.45) is 1.64. The van der Waals surface area contributed by atoms with E-state index in [0.29, 0.717) is 17.1 Å². The SMILES string of the molecule is COc1ccc(C(=O)NCC(=O)NN=Cc2c3ccccc3cc3ccccc23)cc1OC. The van der Waals surface area contributed by atoms with Gasteiger partial charge in [0.05, 0.1) is 27.0 Å². The van der Waals surface area contributed by atoms with E-state index in [9.17, 15) is 9.59 Å². The van der Waals surface area contributed by atoms with Crippen molar-refractivity contribution >= 4 is 39.6 Å². The molecule has 0 radical (unpaired) electrons. The van der Waals surface area contributed by atoms with Crippen LogP contribution in [0, 0.1) is 0 Å². The summed E-state index contributed by atoms with van der Waals surface area (Å²) in [5.41, 5.74) is 3.75. The second-order valence-electron chi connectivity index (χ2n) is 7.28. The lowest BCUT2D eigenvalue weighted by Gasteiger charge is -2.10. The second-order valence-corrected chi connectivity index (χ2v) is 7.28. The van der Waals surface area contributed by atoms with Gasteiger partial charge in [-0.05, 0) is 45.8 Å². The molecular weight excluding hydrogens is 418 g/mol. The maximum atomic E-state index is 12.4. The quantitative estimate of drug-likeness (QED) is 0.259. The van der Waals surface area contributed by atoms with E-state index in [4.69, 9.17) is 9.47 Å². The number of carbonyl (C=O) groups is 2. The highest BCUT2D eigenvalue weighted by Gasteiger charge is 2.12. The number of ether oxygens (including phenoxy) is 2. The normalized spacial score (nSPS) is 11.0. The Balaban J connectivity index is 1.44. The first kappa shape index (κ1) is 21.8. The lowest BCUT2D eigenvalue weighted by Crippen LogP contribution is -2.34. The summed E-state index contributed by atoms with van der Waals surface area (Å²) in [6.45, 7) is -0.221. The van der Waals surface area contributed by atoms with Crippen LogP contribution >= 0.6 is 0 Å². The molecule has 2 N–H and O–H groups in total. The summed E-state index contributed by atoms with van der Waals surface area (Å²) < 4.78 is 10.4. The molecule has 4 aromatic carbocycles. The molecule has 4 aromatic rings. The van der Waals surface area contributed by atoms with E-state index in [0.717, 1.165) is 27.1 Å². The number of nitrogens with zero attached hydrogens (tertiary/aromatic N) is 1. The fraction of sp³-hybridized carbons (Fsp3) is 0.115. The largest absolute Gasteiger partial charge is 0.493 e. The summed E-state index contributed by atoms with van der Waals surface area (Å²) in [5.74, 6) is 0.100. The zero-order valence-electron chi connectivity index (χ0n) is 18.3. The summed E-state index contributed by atoms with van der Waals surface area (Å²) >= 11 is 0. The van der Waals surface area contributed by atoms with Crippen LogP contribution in [-0.4, -0.2) is 38.8 Å². The van der Waals surface area contributed by atoms with Gasteiger partial charge in [0.1, 0.15) is 0 Å². The Labute approximate surface area is 191 Å². The Morgan fingerprint density at radius 1 is 0.848 bits per heavy atom. The molecule has 2 amide bonds. The van der Waals surface area contributed by atoms with Gasteiger partial charge in [0.15, 0.2) is 11.5 Å². The Hall–Kier alpha value is -4.39. The molecule has 0 fully saturated rings. The van der Waals surface area contributed by atoms with E-state index in [1.807, 2.05) is 48.5 Å². The van der Waals surface area contributed by atoms with Gasteiger partial charge in [0.2, 0.25) is 0 Å². The average Bonchev–Trinajstić information content (AvgIpc) is 2.86. The molecule has 33 heavy (non-hydrogen) atoms. The number of rotatable bonds is 7. The molecular formula is C26H23N3O4. The first-order valence-corrected chi connectivity index (χ1v) is 10.3. The van der Waals surface area contributed by atoms with Crippen LogP contribution in [-0.2, 0) is 4.79 Å². The molecule has 7 heteroatoms. The predicted octanol–water partition coefficient (Wildman–Crippen LogP) is 3.89. The molecule has 0 aromatic heterocycles. The second kappa shape index (κ2) is 9.82. The fourth-order valence-corrected chi connectivity index (χ4v) is 3.64. The Kier molecular flexibility index (Phi) is 6.50. The van der Waals surface area contributed by atoms with E-state index >= 15 is 0 Å². The molecule has 0 spiro atoms. The van der Waals surface area contributed by atoms with E-state index in [1.165, 1.54) is 14.2 Å². The lowest BCUT2D eigenvalue weighted by atomic mass is 9.97. The lowest BCUT2D eigenvalue weighted by molar-refractivity contribution is -0.120. The molecule has 0 aliphatic carbocycles. The number of fused-ring (bicyclic) bond motifs is 2. The topological polar surface area (TPSA) is 89.0 Å². The zero-order chi connectivity index (χ0) is 23.2. The van der Waals surface area contributed by atoms with Crippen LogP contribution < -0.4 is 20.2 Å². The van der Waals surface area contributed by atoms with Crippen LogP contribution in [0.25, 0.3) is 21.5 Å². The highest BCUT2D eigenvalue weighted by atomic mass is 16.5. The van der Waals surface area contributed by atoms with Crippen molar-refractivity contribution in [3.8, 4) is 11.5 Å². The van der Waals surface area contributed by atoms with Gasteiger partial charge >= 0.3 is 0 Å². The minimum Gasteiger partial charge on any atom is -0.493 e. The number of hydrogen-bond acceptors (Lipinski definition) is 5. The molecule has 0 heterocycles. The van der Waals surface area contributed by atoms with E-state index in [1.54, 1.807) is 24.4 Å². The van der Waals surface area contributed by atoms with Crippen LogP contribution in [0.2, 0.25) is 0 Å². The van der Waals surface area contributed by atoms with Gasteiger partial charge in [0.25, 0.3) is 11.8 Å². The first-order valence-electron chi connectivity index (χ1n) is 10.3. The van der Waals surface area contributed by atoms with Gasteiger partial charge in [-0.25, -0.2) is 5.43 Å².